The summed E-state index contributed by atoms with van der Waals surface area (Å²) in [5, 5.41) is 3.16. The van der Waals surface area contributed by atoms with Crippen molar-refractivity contribution in [3.05, 3.63) is 120 Å². The van der Waals surface area contributed by atoms with Crippen LogP contribution in [-0.4, -0.2) is 94.8 Å². The number of aromatic nitrogens is 3. The van der Waals surface area contributed by atoms with E-state index in [1.54, 1.807) is 6.20 Å². The summed E-state index contributed by atoms with van der Waals surface area (Å²) in [5.41, 5.74) is 5.33. The lowest BCUT2D eigenvalue weighted by Gasteiger charge is -2.25. The maximum absolute atomic E-state index is 13.4. The highest BCUT2D eigenvalue weighted by Crippen LogP contribution is 2.19. The summed E-state index contributed by atoms with van der Waals surface area (Å²) in [6.07, 6.45) is 7.49. The number of nitrogens with one attached hydrogen (secondary N) is 1. The van der Waals surface area contributed by atoms with E-state index in [2.05, 4.69) is 74.1 Å². The predicted molar refractivity (Wildman–Crippen MR) is 182 cm³/mol. The van der Waals surface area contributed by atoms with Gasteiger partial charge in [-0.05, 0) is 115 Å². The van der Waals surface area contributed by atoms with Crippen molar-refractivity contribution in [1.29, 1.82) is 0 Å². The van der Waals surface area contributed by atoms with Crippen molar-refractivity contribution in [1.82, 2.24) is 34.6 Å². The molecule has 238 valence electrons. The van der Waals surface area contributed by atoms with Crippen LogP contribution in [0, 0.1) is 0 Å². The summed E-state index contributed by atoms with van der Waals surface area (Å²) in [5.74, 6) is -0.160. The Balaban J connectivity index is 1.40. The standard InChI is InChI=1S/C36H48N8O/c1-41(2)21-11-23-43(24-12-22-42(3)4)26-31-13-5-6-16-35(31)40-36(45)30-17-18-34(39-25-30)29-44(27-32-14-7-9-19-37-32)28-33-15-8-10-20-38-33/h5-10,13-20,25H,11-12,21-24,26-29H2,1-4H3,(H,40,45). The molecule has 0 unspecified atom stereocenters. The molecule has 45 heavy (non-hydrogen) atoms. The Morgan fingerprint density at radius 2 is 1.16 bits per heavy atom. The molecule has 3 heterocycles. The largest absolute Gasteiger partial charge is 0.322 e. The number of pyridine rings is 3. The summed E-state index contributed by atoms with van der Waals surface area (Å²) < 4.78 is 0. The molecule has 0 aliphatic carbocycles. The van der Waals surface area contributed by atoms with Gasteiger partial charge in [-0.2, -0.15) is 0 Å². The molecule has 1 N–H and O–H groups in total. The van der Waals surface area contributed by atoms with Crippen molar-refractivity contribution in [2.24, 2.45) is 0 Å². The van der Waals surface area contributed by atoms with Crippen LogP contribution < -0.4 is 5.32 Å². The van der Waals surface area contributed by atoms with E-state index in [9.17, 15) is 4.79 Å². The molecule has 3 aromatic heterocycles. The third kappa shape index (κ3) is 12.1. The van der Waals surface area contributed by atoms with E-state index >= 15 is 0 Å². The maximum atomic E-state index is 13.4. The van der Waals surface area contributed by atoms with Crippen LogP contribution in [0.2, 0.25) is 0 Å². The molecule has 9 heteroatoms. The van der Waals surface area contributed by atoms with E-state index in [4.69, 9.17) is 0 Å². The summed E-state index contributed by atoms with van der Waals surface area (Å²) >= 11 is 0. The Hall–Kier alpha value is -4.02. The lowest BCUT2D eigenvalue weighted by molar-refractivity contribution is 0.102. The van der Waals surface area contributed by atoms with Crippen LogP contribution in [0.1, 0.15) is 45.8 Å². The molecule has 0 spiro atoms. The van der Waals surface area contributed by atoms with Crippen LogP contribution in [0.25, 0.3) is 0 Å². The minimum absolute atomic E-state index is 0.160. The number of anilines is 1. The number of amides is 1. The Kier molecular flexibility index (Phi) is 13.6. The van der Waals surface area contributed by atoms with Crippen molar-refractivity contribution in [3.63, 3.8) is 0 Å². The fourth-order valence-electron chi connectivity index (χ4n) is 5.20. The van der Waals surface area contributed by atoms with E-state index in [0.717, 1.165) is 73.9 Å². The predicted octanol–water partition coefficient (Wildman–Crippen LogP) is 5.03. The Labute approximate surface area is 268 Å². The minimum Gasteiger partial charge on any atom is -0.322 e. The second-order valence-corrected chi connectivity index (χ2v) is 12.0. The Morgan fingerprint density at radius 3 is 1.67 bits per heavy atom. The van der Waals surface area contributed by atoms with Crippen molar-refractivity contribution >= 4 is 11.6 Å². The minimum atomic E-state index is -0.160. The highest BCUT2D eigenvalue weighted by molar-refractivity contribution is 6.04. The van der Waals surface area contributed by atoms with Crippen LogP contribution in [0.15, 0.2) is 91.4 Å². The van der Waals surface area contributed by atoms with Crippen LogP contribution in [-0.2, 0) is 26.2 Å². The van der Waals surface area contributed by atoms with Gasteiger partial charge in [0.05, 0.1) is 22.6 Å². The number of hydrogen-bond donors (Lipinski definition) is 1. The van der Waals surface area contributed by atoms with E-state index in [0.29, 0.717) is 25.2 Å². The summed E-state index contributed by atoms with van der Waals surface area (Å²) in [4.78, 5) is 36.2. The van der Waals surface area contributed by atoms with E-state index in [1.807, 2.05) is 79.1 Å². The van der Waals surface area contributed by atoms with Gasteiger partial charge in [-0.15, -0.1) is 0 Å². The quantitative estimate of drug-likeness (QED) is 0.169. The first-order valence-electron chi connectivity index (χ1n) is 15.7. The Morgan fingerprint density at radius 1 is 0.600 bits per heavy atom. The van der Waals surface area contributed by atoms with Crippen molar-refractivity contribution in [3.8, 4) is 0 Å². The monoisotopic (exact) mass is 608 g/mol. The molecule has 4 aromatic rings. The normalized spacial score (nSPS) is 11.6. The molecule has 0 bridgehead atoms. The van der Waals surface area contributed by atoms with Gasteiger partial charge in [-0.25, -0.2) is 0 Å². The second kappa shape index (κ2) is 18.1. The fourth-order valence-corrected chi connectivity index (χ4v) is 5.20. The molecule has 4 rings (SSSR count). The third-order valence-electron chi connectivity index (χ3n) is 7.51. The van der Waals surface area contributed by atoms with Crippen LogP contribution in [0.3, 0.4) is 0 Å². The van der Waals surface area contributed by atoms with Gasteiger partial charge in [-0.1, -0.05) is 30.3 Å². The first-order chi connectivity index (χ1) is 21.9. The lowest BCUT2D eigenvalue weighted by Crippen LogP contribution is -2.30. The highest BCUT2D eigenvalue weighted by atomic mass is 16.1. The van der Waals surface area contributed by atoms with E-state index < -0.39 is 0 Å². The SMILES string of the molecule is CN(C)CCCN(CCCN(C)C)Cc1ccccc1NC(=O)c1ccc(CN(Cc2ccccn2)Cc2ccccn2)nc1. The lowest BCUT2D eigenvalue weighted by atomic mass is 10.1. The van der Waals surface area contributed by atoms with Gasteiger partial charge in [0.25, 0.3) is 5.91 Å². The molecule has 1 amide bonds. The molecular weight excluding hydrogens is 560 g/mol. The molecule has 0 atom stereocenters. The maximum Gasteiger partial charge on any atom is 0.257 e. The summed E-state index contributed by atoms with van der Waals surface area (Å²) in [6.45, 7) is 6.85. The van der Waals surface area contributed by atoms with Crippen molar-refractivity contribution in [2.45, 2.75) is 39.0 Å². The van der Waals surface area contributed by atoms with Gasteiger partial charge in [0, 0.05) is 50.5 Å². The molecular formula is C36H48N8O. The number of benzene rings is 1. The van der Waals surface area contributed by atoms with Gasteiger partial charge < -0.3 is 15.1 Å². The first kappa shape index (κ1) is 33.9. The molecule has 0 aliphatic rings. The Bertz CT molecular complexity index is 1360. The summed E-state index contributed by atoms with van der Waals surface area (Å²) in [7, 11) is 8.46. The number of carbonyl (C=O) groups is 1. The zero-order valence-corrected chi connectivity index (χ0v) is 27.3. The fraction of sp³-hybridized carbons (Fsp3) is 0.389. The zero-order chi connectivity index (χ0) is 31.9. The number of nitrogens with zero attached hydrogens (tertiary/aromatic N) is 7. The first-order valence-corrected chi connectivity index (χ1v) is 15.7. The molecule has 0 saturated carbocycles. The van der Waals surface area contributed by atoms with Crippen molar-refractivity contribution in [2.75, 3.05) is 59.7 Å². The number of rotatable bonds is 18. The second-order valence-electron chi connectivity index (χ2n) is 12.0. The molecule has 0 saturated heterocycles. The average molecular weight is 609 g/mol. The molecule has 1 aromatic carbocycles. The van der Waals surface area contributed by atoms with Gasteiger partial charge in [0.15, 0.2) is 0 Å². The number of hydrogen-bond acceptors (Lipinski definition) is 8. The smallest absolute Gasteiger partial charge is 0.257 e. The van der Waals surface area contributed by atoms with Gasteiger partial charge in [0.2, 0.25) is 0 Å². The van der Waals surface area contributed by atoms with Crippen LogP contribution >= 0.6 is 0 Å². The summed E-state index contributed by atoms with van der Waals surface area (Å²) in [6, 6.07) is 23.8. The molecule has 0 fully saturated rings. The third-order valence-corrected chi connectivity index (χ3v) is 7.51. The molecule has 0 radical (unpaired) electrons. The van der Waals surface area contributed by atoms with Crippen LogP contribution in [0.4, 0.5) is 5.69 Å². The van der Waals surface area contributed by atoms with Crippen LogP contribution in [0.5, 0.6) is 0 Å². The average Bonchev–Trinajstić information content (AvgIpc) is 3.03. The van der Waals surface area contributed by atoms with Gasteiger partial charge in [0.1, 0.15) is 0 Å². The van der Waals surface area contributed by atoms with E-state index in [1.165, 1.54) is 0 Å². The highest BCUT2D eigenvalue weighted by Gasteiger charge is 2.15. The topological polar surface area (TPSA) is 80.7 Å². The number of para-hydroxylation sites is 1. The molecule has 0 aliphatic heterocycles. The van der Waals surface area contributed by atoms with Gasteiger partial charge in [-0.3, -0.25) is 29.5 Å². The van der Waals surface area contributed by atoms with Gasteiger partial charge >= 0.3 is 0 Å². The van der Waals surface area contributed by atoms with Crippen molar-refractivity contribution < 1.29 is 4.79 Å². The molecule has 9 nitrogen and oxygen atoms in total. The van der Waals surface area contributed by atoms with E-state index in [-0.39, 0.29) is 5.91 Å². The number of carbonyl (C=O) groups excluding carboxylic acids is 1. The zero-order valence-electron chi connectivity index (χ0n) is 27.3.